The van der Waals surface area contributed by atoms with Gasteiger partial charge in [-0.2, -0.15) is 5.10 Å². The molecule has 0 unspecified atom stereocenters. The van der Waals surface area contributed by atoms with Crippen LogP contribution in [0, 0.1) is 10.1 Å². The first-order chi connectivity index (χ1) is 6.65. The summed E-state index contributed by atoms with van der Waals surface area (Å²) >= 11 is 5.62. The van der Waals surface area contributed by atoms with E-state index < -0.39 is 4.92 Å². The summed E-state index contributed by atoms with van der Waals surface area (Å²) in [5.41, 5.74) is 2.76. The van der Waals surface area contributed by atoms with Gasteiger partial charge in [-0.25, -0.2) is 0 Å². The van der Waals surface area contributed by atoms with Crippen LogP contribution < -0.4 is 5.43 Å². The number of halogens is 1. The van der Waals surface area contributed by atoms with E-state index in [1.54, 1.807) is 13.0 Å². The van der Waals surface area contributed by atoms with Gasteiger partial charge in [-0.15, -0.1) is 0 Å². The van der Waals surface area contributed by atoms with Crippen molar-refractivity contribution in [2.24, 2.45) is 5.10 Å². The third kappa shape index (κ3) is 2.43. The van der Waals surface area contributed by atoms with E-state index >= 15 is 0 Å². The fourth-order valence-corrected chi connectivity index (χ4v) is 1.05. The molecule has 0 spiro atoms. The number of benzene rings is 1. The lowest BCUT2D eigenvalue weighted by Crippen LogP contribution is -1.95. The van der Waals surface area contributed by atoms with E-state index in [9.17, 15) is 10.1 Å². The lowest BCUT2D eigenvalue weighted by Gasteiger charge is -2.01. The number of nitro benzene ring substituents is 1. The molecule has 0 fully saturated rings. The van der Waals surface area contributed by atoms with Crippen molar-refractivity contribution in [3.05, 3.63) is 33.3 Å². The summed E-state index contributed by atoms with van der Waals surface area (Å²) in [6.07, 6.45) is 1.50. The second kappa shape index (κ2) is 4.57. The molecule has 1 aromatic carbocycles. The van der Waals surface area contributed by atoms with Crippen LogP contribution in [0.2, 0.25) is 5.02 Å². The topological polar surface area (TPSA) is 67.5 Å². The van der Waals surface area contributed by atoms with E-state index in [0.717, 1.165) is 0 Å². The van der Waals surface area contributed by atoms with Crippen LogP contribution in [0.4, 0.5) is 11.4 Å². The molecule has 0 saturated carbocycles. The Kier molecular flexibility index (Phi) is 3.41. The van der Waals surface area contributed by atoms with Crippen LogP contribution in [0.1, 0.15) is 6.92 Å². The zero-order chi connectivity index (χ0) is 10.6. The molecule has 0 aliphatic heterocycles. The van der Waals surface area contributed by atoms with Crippen molar-refractivity contribution in [1.82, 2.24) is 0 Å². The number of nitrogens with one attached hydrogen (secondary N) is 1. The van der Waals surface area contributed by atoms with Gasteiger partial charge in [-0.05, 0) is 19.1 Å². The molecule has 1 N–H and O–H groups in total. The van der Waals surface area contributed by atoms with Crippen LogP contribution >= 0.6 is 11.6 Å². The Bertz CT molecular complexity index is 379. The monoisotopic (exact) mass is 213 g/mol. The molecule has 0 aliphatic carbocycles. The first-order valence-corrected chi connectivity index (χ1v) is 4.20. The molecule has 0 amide bonds. The van der Waals surface area contributed by atoms with Crippen LogP contribution in [0.15, 0.2) is 23.3 Å². The lowest BCUT2D eigenvalue weighted by molar-refractivity contribution is -0.383. The number of anilines is 1. The number of hydrogen-bond acceptors (Lipinski definition) is 4. The Hall–Kier alpha value is -1.62. The summed E-state index contributed by atoms with van der Waals surface area (Å²) in [6.45, 7) is 1.70. The van der Waals surface area contributed by atoms with E-state index in [1.165, 1.54) is 18.3 Å². The molecule has 0 saturated heterocycles. The maximum absolute atomic E-state index is 10.6. The van der Waals surface area contributed by atoms with Crippen LogP contribution in [0.5, 0.6) is 0 Å². The Morgan fingerprint density at radius 1 is 1.64 bits per heavy atom. The van der Waals surface area contributed by atoms with Crippen LogP contribution in [-0.2, 0) is 0 Å². The molecule has 0 aromatic heterocycles. The number of nitrogens with zero attached hydrogens (tertiary/aromatic N) is 2. The predicted octanol–water partition coefficient (Wildman–Crippen LogP) is 2.67. The fourth-order valence-electron chi connectivity index (χ4n) is 0.884. The molecule has 1 rings (SSSR count). The van der Waals surface area contributed by atoms with E-state index in [0.29, 0.717) is 10.7 Å². The third-order valence-corrected chi connectivity index (χ3v) is 1.71. The second-order valence-corrected chi connectivity index (χ2v) is 2.85. The van der Waals surface area contributed by atoms with Gasteiger partial charge in [0.2, 0.25) is 0 Å². The van der Waals surface area contributed by atoms with Gasteiger partial charge in [-0.3, -0.25) is 15.5 Å². The number of nitro groups is 1. The Balaban J connectivity index is 3.08. The Labute approximate surface area is 85.5 Å². The quantitative estimate of drug-likeness (QED) is 0.477. The minimum Gasteiger partial charge on any atom is -0.272 e. The SMILES string of the molecule is C/C=N/Nc1ccc(Cl)cc1[N+](=O)[O-]. The van der Waals surface area contributed by atoms with E-state index in [2.05, 4.69) is 10.5 Å². The molecular formula is C8H8ClN3O2. The van der Waals surface area contributed by atoms with E-state index in [1.807, 2.05) is 0 Å². The Morgan fingerprint density at radius 3 is 2.93 bits per heavy atom. The first-order valence-electron chi connectivity index (χ1n) is 3.82. The van der Waals surface area contributed by atoms with Crippen LogP contribution in [0.25, 0.3) is 0 Å². The molecular weight excluding hydrogens is 206 g/mol. The second-order valence-electron chi connectivity index (χ2n) is 2.42. The highest BCUT2D eigenvalue weighted by Crippen LogP contribution is 2.27. The summed E-state index contributed by atoms with van der Waals surface area (Å²) < 4.78 is 0. The molecule has 0 heterocycles. The van der Waals surface area contributed by atoms with Gasteiger partial charge < -0.3 is 0 Å². The summed E-state index contributed by atoms with van der Waals surface area (Å²) in [6, 6.07) is 4.34. The largest absolute Gasteiger partial charge is 0.295 e. The average Bonchev–Trinajstić information content (AvgIpc) is 2.15. The fraction of sp³-hybridized carbons (Fsp3) is 0.125. The van der Waals surface area contributed by atoms with Crippen LogP contribution in [0.3, 0.4) is 0 Å². The molecule has 5 nitrogen and oxygen atoms in total. The number of rotatable bonds is 3. The van der Waals surface area contributed by atoms with Gasteiger partial charge in [0.25, 0.3) is 5.69 Å². The minimum absolute atomic E-state index is 0.0944. The van der Waals surface area contributed by atoms with Crippen molar-refractivity contribution in [2.45, 2.75) is 6.92 Å². The first kappa shape index (κ1) is 10.5. The van der Waals surface area contributed by atoms with Gasteiger partial charge in [-0.1, -0.05) is 11.6 Å². The molecule has 1 aromatic rings. The van der Waals surface area contributed by atoms with Gasteiger partial charge >= 0.3 is 0 Å². The smallest absolute Gasteiger partial charge is 0.272 e. The van der Waals surface area contributed by atoms with Crippen molar-refractivity contribution in [3.8, 4) is 0 Å². The highest BCUT2D eigenvalue weighted by Gasteiger charge is 2.13. The maximum Gasteiger partial charge on any atom is 0.295 e. The zero-order valence-corrected chi connectivity index (χ0v) is 8.15. The predicted molar refractivity (Wildman–Crippen MR) is 55.9 cm³/mol. The summed E-state index contributed by atoms with van der Waals surface area (Å²) in [5.74, 6) is 0. The normalized spacial score (nSPS) is 10.4. The molecule has 0 aliphatic rings. The third-order valence-electron chi connectivity index (χ3n) is 1.47. The van der Waals surface area contributed by atoms with Crippen molar-refractivity contribution in [1.29, 1.82) is 0 Å². The number of hydrazone groups is 1. The molecule has 14 heavy (non-hydrogen) atoms. The van der Waals surface area contributed by atoms with Gasteiger partial charge in [0.15, 0.2) is 0 Å². The highest BCUT2D eigenvalue weighted by molar-refractivity contribution is 6.30. The maximum atomic E-state index is 10.6. The summed E-state index contributed by atoms with van der Waals surface area (Å²) in [5, 5.41) is 14.6. The summed E-state index contributed by atoms with van der Waals surface area (Å²) in [4.78, 5) is 10.1. The molecule has 0 radical (unpaired) electrons. The van der Waals surface area contributed by atoms with Gasteiger partial charge in [0, 0.05) is 17.3 Å². The Morgan fingerprint density at radius 2 is 2.36 bits per heavy atom. The van der Waals surface area contributed by atoms with Crippen molar-refractivity contribution in [2.75, 3.05) is 5.43 Å². The van der Waals surface area contributed by atoms with Gasteiger partial charge in [0.1, 0.15) is 5.69 Å². The zero-order valence-electron chi connectivity index (χ0n) is 7.40. The average molecular weight is 214 g/mol. The summed E-state index contributed by atoms with van der Waals surface area (Å²) in [7, 11) is 0. The van der Waals surface area contributed by atoms with Crippen molar-refractivity contribution >= 4 is 29.2 Å². The van der Waals surface area contributed by atoms with Crippen molar-refractivity contribution in [3.63, 3.8) is 0 Å². The molecule has 0 bridgehead atoms. The number of hydrogen-bond donors (Lipinski definition) is 1. The van der Waals surface area contributed by atoms with Crippen LogP contribution in [-0.4, -0.2) is 11.1 Å². The standard InChI is InChI=1S/C8H8ClN3O2/c1-2-10-11-7-4-3-6(9)5-8(7)12(13)14/h2-5,11H,1H3/b10-2+. The molecule has 0 atom stereocenters. The van der Waals surface area contributed by atoms with Crippen molar-refractivity contribution < 1.29 is 4.92 Å². The molecule has 74 valence electrons. The van der Waals surface area contributed by atoms with Gasteiger partial charge in [0.05, 0.1) is 4.92 Å². The van der Waals surface area contributed by atoms with E-state index in [4.69, 9.17) is 11.6 Å². The highest BCUT2D eigenvalue weighted by atomic mass is 35.5. The minimum atomic E-state index is -0.514. The van der Waals surface area contributed by atoms with E-state index in [-0.39, 0.29) is 5.69 Å². The molecule has 6 heteroatoms. The lowest BCUT2D eigenvalue weighted by atomic mass is 10.3.